The van der Waals surface area contributed by atoms with Crippen molar-refractivity contribution in [3.05, 3.63) is 38.4 Å². The molecule has 1 aromatic carbocycles. The van der Waals surface area contributed by atoms with Crippen LogP contribution in [0, 0.1) is 10.1 Å². The van der Waals surface area contributed by atoms with E-state index in [9.17, 15) is 14.9 Å². The van der Waals surface area contributed by atoms with Crippen LogP contribution in [0.2, 0.25) is 5.02 Å². The Hall–Kier alpha value is -1.14. The lowest BCUT2D eigenvalue weighted by Crippen LogP contribution is -2.05. The maximum atomic E-state index is 10.8. The number of carboxylic acids is 1. The zero-order valence-corrected chi connectivity index (χ0v) is 10.3. The van der Waals surface area contributed by atoms with E-state index in [2.05, 4.69) is 15.9 Å². The summed E-state index contributed by atoms with van der Waals surface area (Å²) < 4.78 is 0. The minimum Gasteiger partial charge on any atom is -0.481 e. The van der Waals surface area contributed by atoms with Crippen molar-refractivity contribution in [1.29, 1.82) is 0 Å². The number of alkyl halides is 1. The monoisotopic (exact) mass is 307 g/mol. The van der Waals surface area contributed by atoms with E-state index < -0.39 is 17.3 Å². The Morgan fingerprint density at radius 1 is 1.50 bits per heavy atom. The molecule has 86 valence electrons. The van der Waals surface area contributed by atoms with E-state index in [4.69, 9.17) is 16.7 Å². The van der Waals surface area contributed by atoms with E-state index in [1.54, 1.807) is 0 Å². The van der Waals surface area contributed by atoms with Gasteiger partial charge in [-0.2, -0.15) is 0 Å². The predicted octanol–water partition coefficient (Wildman–Crippen LogP) is 2.77. The Morgan fingerprint density at radius 2 is 2.06 bits per heavy atom. The zero-order chi connectivity index (χ0) is 12.3. The van der Waals surface area contributed by atoms with Crippen LogP contribution in [-0.4, -0.2) is 16.0 Å². The Bertz CT molecular complexity index is 449. The standard InChI is InChI=1S/C9H7BrClNO4/c10-4-6-2-7(11)1-5(3-8(13)14)9(6)12(15)16/h1-2H,3-4H2,(H,13,14). The molecule has 0 atom stereocenters. The molecule has 0 heterocycles. The minimum atomic E-state index is -1.13. The number of hydrogen-bond donors (Lipinski definition) is 1. The highest BCUT2D eigenvalue weighted by Gasteiger charge is 2.21. The number of carbonyl (C=O) groups is 1. The van der Waals surface area contributed by atoms with Crippen molar-refractivity contribution < 1.29 is 14.8 Å². The molecule has 0 saturated carbocycles. The SMILES string of the molecule is O=C(O)Cc1cc(Cl)cc(CBr)c1[N+](=O)[O-]. The first-order chi connectivity index (χ1) is 7.45. The molecular weight excluding hydrogens is 301 g/mol. The molecule has 0 aromatic heterocycles. The fourth-order valence-electron chi connectivity index (χ4n) is 1.35. The molecule has 0 fully saturated rings. The second-order valence-electron chi connectivity index (χ2n) is 3.03. The molecule has 16 heavy (non-hydrogen) atoms. The molecule has 1 N–H and O–H groups in total. The Labute approximate surface area is 104 Å². The van der Waals surface area contributed by atoms with Crippen LogP contribution in [0.4, 0.5) is 5.69 Å². The van der Waals surface area contributed by atoms with Crippen LogP contribution < -0.4 is 0 Å². The number of carboxylic acid groups (broad SMARTS) is 1. The summed E-state index contributed by atoms with van der Waals surface area (Å²) in [5, 5.41) is 20.0. The van der Waals surface area contributed by atoms with Crippen molar-refractivity contribution in [3.8, 4) is 0 Å². The lowest BCUT2D eigenvalue weighted by molar-refractivity contribution is -0.386. The van der Waals surface area contributed by atoms with Gasteiger partial charge in [-0.15, -0.1) is 0 Å². The predicted molar refractivity (Wildman–Crippen MR) is 62.1 cm³/mol. The summed E-state index contributed by atoms with van der Waals surface area (Å²) in [5.74, 6) is -1.13. The van der Waals surface area contributed by atoms with E-state index in [-0.39, 0.29) is 21.6 Å². The summed E-state index contributed by atoms with van der Waals surface area (Å²) in [6, 6.07) is 2.75. The number of aliphatic carboxylic acids is 1. The van der Waals surface area contributed by atoms with Gasteiger partial charge in [0.1, 0.15) is 0 Å². The fourth-order valence-corrected chi connectivity index (χ4v) is 2.04. The highest BCUT2D eigenvalue weighted by Crippen LogP contribution is 2.30. The van der Waals surface area contributed by atoms with Gasteiger partial charge in [0.05, 0.1) is 11.3 Å². The molecule has 0 saturated heterocycles. The van der Waals surface area contributed by atoms with Crippen LogP contribution in [0.3, 0.4) is 0 Å². The van der Waals surface area contributed by atoms with Gasteiger partial charge >= 0.3 is 5.97 Å². The van der Waals surface area contributed by atoms with Gasteiger partial charge in [-0.3, -0.25) is 14.9 Å². The summed E-state index contributed by atoms with van der Waals surface area (Å²) in [4.78, 5) is 20.8. The van der Waals surface area contributed by atoms with Crippen molar-refractivity contribution in [3.63, 3.8) is 0 Å². The van der Waals surface area contributed by atoms with Crippen molar-refractivity contribution in [1.82, 2.24) is 0 Å². The minimum absolute atomic E-state index is 0.111. The van der Waals surface area contributed by atoms with E-state index in [0.717, 1.165) is 0 Å². The number of rotatable bonds is 4. The Morgan fingerprint density at radius 3 is 2.50 bits per heavy atom. The maximum Gasteiger partial charge on any atom is 0.308 e. The van der Waals surface area contributed by atoms with Crippen molar-refractivity contribution >= 4 is 39.2 Å². The molecule has 0 aliphatic rings. The van der Waals surface area contributed by atoms with Gasteiger partial charge in [-0.05, 0) is 12.1 Å². The molecule has 0 unspecified atom stereocenters. The van der Waals surface area contributed by atoms with Gasteiger partial charge in [0.25, 0.3) is 5.69 Å². The molecule has 0 aliphatic carbocycles. The molecule has 0 spiro atoms. The largest absolute Gasteiger partial charge is 0.481 e. The molecule has 1 aromatic rings. The Kier molecular flexibility index (Phi) is 4.26. The normalized spacial score (nSPS) is 10.1. The summed E-state index contributed by atoms with van der Waals surface area (Å²) in [6.45, 7) is 0. The molecule has 0 bridgehead atoms. The maximum absolute atomic E-state index is 10.8. The van der Waals surface area contributed by atoms with E-state index >= 15 is 0 Å². The third-order valence-electron chi connectivity index (χ3n) is 1.90. The molecular formula is C9H7BrClNO4. The van der Waals surface area contributed by atoms with Crippen molar-refractivity contribution in [2.45, 2.75) is 11.8 Å². The number of nitro groups is 1. The number of nitrogens with zero attached hydrogens (tertiary/aromatic N) is 1. The van der Waals surface area contributed by atoms with Gasteiger partial charge in [0.2, 0.25) is 0 Å². The van der Waals surface area contributed by atoms with Crippen LogP contribution in [0.1, 0.15) is 11.1 Å². The summed E-state index contributed by atoms with van der Waals surface area (Å²) in [6.07, 6.45) is -0.420. The summed E-state index contributed by atoms with van der Waals surface area (Å²) in [5.41, 5.74) is 0.289. The lowest BCUT2D eigenvalue weighted by Gasteiger charge is -2.05. The summed E-state index contributed by atoms with van der Waals surface area (Å²) >= 11 is 8.85. The fraction of sp³-hybridized carbons (Fsp3) is 0.222. The van der Waals surface area contributed by atoms with E-state index in [0.29, 0.717) is 5.56 Å². The molecule has 5 nitrogen and oxygen atoms in total. The quantitative estimate of drug-likeness (QED) is 0.527. The van der Waals surface area contributed by atoms with Gasteiger partial charge < -0.3 is 5.11 Å². The Balaban J connectivity index is 3.37. The van der Waals surface area contributed by atoms with Gasteiger partial charge in [-0.25, -0.2) is 0 Å². The van der Waals surface area contributed by atoms with Crippen LogP contribution >= 0.6 is 27.5 Å². The second kappa shape index (κ2) is 5.27. The first-order valence-electron chi connectivity index (χ1n) is 4.19. The molecule has 0 radical (unpaired) electrons. The van der Waals surface area contributed by atoms with Crippen LogP contribution in [-0.2, 0) is 16.5 Å². The number of hydrogen-bond acceptors (Lipinski definition) is 3. The van der Waals surface area contributed by atoms with Gasteiger partial charge in [0.15, 0.2) is 0 Å². The second-order valence-corrected chi connectivity index (χ2v) is 4.03. The average Bonchev–Trinajstić information content (AvgIpc) is 2.14. The highest BCUT2D eigenvalue weighted by atomic mass is 79.9. The third kappa shape index (κ3) is 2.93. The number of benzene rings is 1. The van der Waals surface area contributed by atoms with Gasteiger partial charge in [0, 0.05) is 21.5 Å². The topological polar surface area (TPSA) is 80.4 Å². The molecule has 0 amide bonds. The van der Waals surface area contributed by atoms with E-state index in [1.165, 1.54) is 12.1 Å². The van der Waals surface area contributed by atoms with E-state index in [1.807, 2.05) is 0 Å². The lowest BCUT2D eigenvalue weighted by atomic mass is 10.1. The summed E-state index contributed by atoms with van der Waals surface area (Å²) in [7, 11) is 0. The smallest absolute Gasteiger partial charge is 0.308 e. The van der Waals surface area contributed by atoms with Gasteiger partial charge in [-0.1, -0.05) is 27.5 Å². The first-order valence-corrected chi connectivity index (χ1v) is 5.69. The third-order valence-corrected chi connectivity index (χ3v) is 2.72. The van der Waals surface area contributed by atoms with Crippen molar-refractivity contribution in [2.75, 3.05) is 0 Å². The van der Waals surface area contributed by atoms with Crippen LogP contribution in [0.5, 0.6) is 0 Å². The average molecular weight is 309 g/mol. The number of halogens is 2. The first kappa shape index (κ1) is 12.9. The highest BCUT2D eigenvalue weighted by molar-refractivity contribution is 9.08. The molecule has 1 rings (SSSR count). The molecule has 7 heteroatoms. The van der Waals surface area contributed by atoms with Crippen LogP contribution in [0.25, 0.3) is 0 Å². The van der Waals surface area contributed by atoms with Crippen LogP contribution in [0.15, 0.2) is 12.1 Å². The number of nitro benzene ring substituents is 1. The zero-order valence-electron chi connectivity index (χ0n) is 7.94. The molecule has 0 aliphatic heterocycles. The van der Waals surface area contributed by atoms with Crippen molar-refractivity contribution in [2.24, 2.45) is 0 Å².